The van der Waals surface area contributed by atoms with Crippen molar-refractivity contribution < 1.29 is 0 Å². The van der Waals surface area contributed by atoms with Crippen LogP contribution in [0.25, 0.3) is 0 Å². The Kier molecular flexibility index (Phi) is 2.85. The summed E-state index contributed by atoms with van der Waals surface area (Å²) in [7, 11) is 0. The normalized spacial score (nSPS) is 17.8. The molecule has 0 fully saturated rings. The summed E-state index contributed by atoms with van der Waals surface area (Å²) < 4.78 is 0. The lowest BCUT2D eigenvalue weighted by Crippen LogP contribution is -2.03. The van der Waals surface area contributed by atoms with Crippen molar-refractivity contribution in [3.05, 3.63) is 22.8 Å². The van der Waals surface area contributed by atoms with E-state index in [1.807, 2.05) is 6.92 Å². The number of rotatable bonds is 2. The second-order valence-corrected chi connectivity index (χ2v) is 3.44. The SMILES string of the molecule is CCC1=CC(C)=C(C(C)=N)CC1. The van der Waals surface area contributed by atoms with Crippen molar-refractivity contribution in [2.45, 2.75) is 40.0 Å². The largest absolute Gasteiger partial charge is 0.305 e. The maximum absolute atomic E-state index is 7.56. The Hall–Kier alpha value is -0.850. The highest BCUT2D eigenvalue weighted by Crippen LogP contribution is 2.25. The molecule has 0 heterocycles. The maximum atomic E-state index is 7.56. The molecule has 1 rings (SSSR count). The first-order valence-electron chi connectivity index (χ1n) is 4.60. The molecule has 12 heavy (non-hydrogen) atoms. The van der Waals surface area contributed by atoms with E-state index in [-0.39, 0.29) is 0 Å². The van der Waals surface area contributed by atoms with E-state index < -0.39 is 0 Å². The van der Waals surface area contributed by atoms with Crippen molar-refractivity contribution in [3.63, 3.8) is 0 Å². The van der Waals surface area contributed by atoms with Gasteiger partial charge in [-0.3, -0.25) is 0 Å². The second-order valence-electron chi connectivity index (χ2n) is 3.44. The van der Waals surface area contributed by atoms with Crippen molar-refractivity contribution in [1.82, 2.24) is 0 Å². The van der Waals surface area contributed by atoms with Crippen molar-refractivity contribution in [2.24, 2.45) is 0 Å². The monoisotopic (exact) mass is 163 g/mol. The topological polar surface area (TPSA) is 23.9 Å². The van der Waals surface area contributed by atoms with Gasteiger partial charge in [0.25, 0.3) is 0 Å². The van der Waals surface area contributed by atoms with Crippen LogP contribution in [-0.4, -0.2) is 5.71 Å². The Morgan fingerprint density at radius 2 is 2.17 bits per heavy atom. The number of nitrogens with one attached hydrogen (secondary N) is 1. The van der Waals surface area contributed by atoms with Gasteiger partial charge < -0.3 is 5.41 Å². The predicted molar refractivity (Wildman–Crippen MR) is 53.7 cm³/mol. The van der Waals surface area contributed by atoms with Crippen LogP contribution in [0.5, 0.6) is 0 Å². The Morgan fingerprint density at radius 1 is 1.50 bits per heavy atom. The third-order valence-electron chi connectivity index (χ3n) is 2.50. The molecule has 0 bridgehead atoms. The van der Waals surface area contributed by atoms with Crippen LogP contribution in [0.2, 0.25) is 0 Å². The summed E-state index contributed by atoms with van der Waals surface area (Å²) in [5, 5.41) is 7.56. The van der Waals surface area contributed by atoms with E-state index in [0.717, 1.165) is 25.0 Å². The molecule has 0 aliphatic heterocycles. The summed E-state index contributed by atoms with van der Waals surface area (Å²) in [5.41, 5.74) is 4.80. The molecule has 0 atom stereocenters. The molecule has 0 aromatic carbocycles. The molecule has 0 aromatic rings. The van der Waals surface area contributed by atoms with Crippen LogP contribution in [0, 0.1) is 5.41 Å². The zero-order valence-corrected chi connectivity index (χ0v) is 8.20. The van der Waals surface area contributed by atoms with E-state index in [0.29, 0.717) is 0 Å². The van der Waals surface area contributed by atoms with Crippen LogP contribution in [0.4, 0.5) is 0 Å². The molecular formula is C11H17N. The molecule has 1 aliphatic carbocycles. The van der Waals surface area contributed by atoms with Gasteiger partial charge in [-0.15, -0.1) is 0 Å². The summed E-state index contributed by atoms with van der Waals surface area (Å²) in [6.45, 7) is 6.19. The van der Waals surface area contributed by atoms with Crippen LogP contribution in [-0.2, 0) is 0 Å². The van der Waals surface area contributed by atoms with E-state index in [2.05, 4.69) is 19.9 Å². The number of allylic oxidation sites excluding steroid dienone is 4. The smallest absolute Gasteiger partial charge is 0.0317 e. The molecule has 1 heteroatoms. The average Bonchev–Trinajstić information content (AvgIpc) is 2.03. The molecule has 1 nitrogen and oxygen atoms in total. The van der Waals surface area contributed by atoms with Gasteiger partial charge in [0.05, 0.1) is 0 Å². The molecule has 0 amide bonds. The molecular weight excluding hydrogens is 146 g/mol. The van der Waals surface area contributed by atoms with Gasteiger partial charge in [-0.25, -0.2) is 0 Å². The highest BCUT2D eigenvalue weighted by Gasteiger charge is 2.10. The van der Waals surface area contributed by atoms with Gasteiger partial charge in [-0.1, -0.05) is 18.6 Å². The van der Waals surface area contributed by atoms with Gasteiger partial charge in [0.2, 0.25) is 0 Å². The molecule has 0 aromatic heterocycles. The van der Waals surface area contributed by atoms with Gasteiger partial charge >= 0.3 is 0 Å². The van der Waals surface area contributed by atoms with E-state index in [4.69, 9.17) is 5.41 Å². The van der Waals surface area contributed by atoms with Crippen LogP contribution < -0.4 is 0 Å². The molecule has 0 spiro atoms. The Morgan fingerprint density at radius 3 is 2.58 bits per heavy atom. The third-order valence-corrected chi connectivity index (χ3v) is 2.50. The zero-order chi connectivity index (χ0) is 9.14. The first-order chi connectivity index (χ1) is 5.65. The summed E-state index contributed by atoms with van der Waals surface area (Å²) in [4.78, 5) is 0. The Bertz CT molecular complexity index is 256. The molecule has 0 unspecified atom stereocenters. The van der Waals surface area contributed by atoms with E-state index in [9.17, 15) is 0 Å². The molecule has 0 saturated heterocycles. The minimum Gasteiger partial charge on any atom is -0.305 e. The lowest BCUT2D eigenvalue weighted by molar-refractivity contribution is 0.864. The number of hydrogen-bond donors (Lipinski definition) is 1. The first-order valence-corrected chi connectivity index (χ1v) is 4.60. The van der Waals surface area contributed by atoms with Crippen LogP contribution in [0.15, 0.2) is 22.8 Å². The van der Waals surface area contributed by atoms with Gasteiger partial charge in [-0.05, 0) is 44.3 Å². The molecule has 66 valence electrons. The highest BCUT2D eigenvalue weighted by molar-refractivity contribution is 5.97. The summed E-state index contributed by atoms with van der Waals surface area (Å²) >= 11 is 0. The fourth-order valence-electron chi connectivity index (χ4n) is 1.71. The molecule has 1 aliphatic rings. The van der Waals surface area contributed by atoms with Crippen molar-refractivity contribution >= 4 is 5.71 Å². The van der Waals surface area contributed by atoms with Gasteiger partial charge in [0.1, 0.15) is 0 Å². The average molecular weight is 163 g/mol. The first kappa shape index (κ1) is 9.24. The van der Waals surface area contributed by atoms with Gasteiger partial charge in [-0.2, -0.15) is 0 Å². The zero-order valence-electron chi connectivity index (χ0n) is 8.20. The summed E-state index contributed by atoms with van der Waals surface area (Å²) in [5.74, 6) is 0. The Balaban J connectivity index is 2.90. The van der Waals surface area contributed by atoms with Crippen molar-refractivity contribution in [2.75, 3.05) is 0 Å². The minimum absolute atomic E-state index is 0.735. The highest BCUT2D eigenvalue weighted by atomic mass is 14.4. The van der Waals surface area contributed by atoms with Crippen molar-refractivity contribution in [3.8, 4) is 0 Å². The van der Waals surface area contributed by atoms with E-state index >= 15 is 0 Å². The summed E-state index contributed by atoms with van der Waals surface area (Å²) in [6, 6.07) is 0. The van der Waals surface area contributed by atoms with Gasteiger partial charge in [0, 0.05) is 5.71 Å². The predicted octanol–water partition coefficient (Wildman–Crippen LogP) is 3.47. The van der Waals surface area contributed by atoms with Gasteiger partial charge in [0.15, 0.2) is 0 Å². The van der Waals surface area contributed by atoms with E-state index in [1.54, 1.807) is 0 Å². The van der Waals surface area contributed by atoms with E-state index in [1.165, 1.54) is 16.7 Å². The van der Waals surface area contributed by atoms with Crippen LogP contribution in [0.1, 0.15) is 40.0 Å². The molecule has 0 radical (unpaired) electrons. The molecule has 1 N–H and O–H groups in total. The number of hydrogen-bond acceptors (Lipinski definition) is 1. The lowest BCUT2D eigenvalue weighted by Gasteiger charge is -2.16. The third kappa shape index (κ3) is 1.84. The summed E-state index contributed by atoms with van der Waals surface area (Å²) in [6.07, 6.45) is 5.62. The fraction of sp³-hybridized carbons (Fsp3) is 0.545. The maximum Gasteiger partial charge on any atom is 0.0317 e. The fourth-order valence-corrected chi connectivity index (χ4v) is 1.71. The van der Waals surface area contributed by atoms with Crippen LogP contribution in [0.3, 0.4) is 0 Å². The quantitative estimate of drug-likeness (QED) is 0.603. The van der Waals surface area contributed by atoms with Crippen molar-refractivity contribution in [1.29, 1.82) is 5.41 Å². The lowest BCUT2D eigenvalue weighted by atomic mass is 9.90. The Labute approximate surface area is 74.7 Å². The minimum atomic E-state index is 0.735. The molecule has 0 saturated carbocycles. The standard InChI is InChI=1S/C11H17N/c1-4-10-5-6-11(9(3)12)8(2)7-10/h7,12H,4-6H2,1-3H3. The van der Waals surface area contributed by atoms with Crippen LogP contribution >= 0.6 is 0 Å². The second kappa shape index (κ2) is 3.70.